The number of hydroxylamine groups is 2. The van der Waals surface area contributed by atoms with Crippen molar-refractivity contribution in [1.29, 1.82) is 0 Å². The van der Waals surface area contributed by atoms with Crippen LogP contribution in [0.1, 0.15) is 19.8 Å². The minimum atomic E-state index is -1.63. The van der Waals surface area contributed by atoms with Crippen LogP contribution in [0, 0.1) is 5.92 Å². The third-order valence-corrected chi connectivity index (χ3v) is 4.18. The van der Waals surface area contributed by atoms with E-state index < -0.39 is 41.6 Å². The van der Waals surface area contributed by atoms with Crippen molar-refractivity contribution in [1.82, 2.24) is 5.23 Å². The van der Waals surface area contributed by atoms with Gasteiger partial charge in [0.25, 0.3) is 0 Å². The van der Waals surface area contributed by atoms with E-state index in [2.05, 4.69) is 9.47 Å². The number of carbonyl (C=O) groups is 4. The van der Waals surface area contributed by atoms with Crippen molar-refractivity contribution in [2.45, 2.75) is 37.5 Å². The maximum atomic E-state index is 12.5. The molecule has 0 amide bonds. The first-order valence-corrected chi connectivity index (χ1v) is 7.19. The highest BCUT2D eigenvalue weighted by atomic mass is 17.0. The lowest BCUT2D eigenvalue weighted by Crippen LogP contribution is -2.52. The number of hydrogen-bond acceptors (Lipinski definition) is 10. The van der Waals surface area contributed by atoms with E-state index in [1.54, 1.807) is 0 Å². The van der Waals surface area contributed by atoms with Crippen LogP contribution in [0.15, 0.2) is 0 Å². The fraction of sp³-hybridized carbons (Fsp3) is 0.714. The Labute approximate surface area is 137 Å². The minimum Gasteiger partial charge on any atom is -0.467 e. The van der Waals surface area contributed by atoms with Crippen LogP contribution in [-0.2, 0) is 43.1 Å². The Morgan fingerprint density at radius 3 is 2.17 bits per heavy atom. The van der Waals surface area contributed by atoms with Crippen LogP contribution in [0.3, 0.4) is 0 Å². The molecule has 2 aliphatic rings. The standard InChI is InChI=1S/C14H19NO9/c1-7(16)5-8-10(12(18)21-3)24-15-14(8,13(19)22-4)6-9(23-15)11(17)20-2/h8-10H,5-6H2,1-4H3. The van der Waals surface area contributed by atoms with E-state index in [4.69, 9.17) is 14.4 Å². The van der Waals surface area contributed by atoms with Crippen LogP contribution in [0.5, 0.6) is 0 Å². The molecule has 0 N–H and O–H groups in total. The molecule has 24 heavy (non-hydrogen) atoms. The van der Waals surface area contributed by atoms with Gasteiger partial charge >= 0.3 is 17.9 Å². The van der Waals surface area contributed by atoms with Gasteiger partial charge in [0.15, 0.2) is 17.7 Å². The molecule has 0 aromatic carbocycles. The number of esters is 3. The SMILES string of the molecule is COC(=O)C1CC2(C(=O)OC)C(CC(C)=O)C(C(=O)OC)ON2O1. The molecule has 0 bridgehead atoms. The highest BCUT2D eigenvalue weighted by molar-refractivity contribution is 5.88. The van der Waals surface area contributed by atoms with Crippen LogP contribution >= 0.6 is 0 Å². The maximum Gasteiger partial charge on any atom is 0.337 e. The number of ether oxygens (including phenoxy) is 3. The van der Waals surface area contributed by atoms with Gasteiger partial charge in [-0.3, -0.25) is 9.68 Å². The third kappa shape index (κ3) is 2.76. The van der Waals surface area contributed by atoms with Crippen molar-refractivity contribution in [2.24, 2.45) is 5.92 Å². The van der Waals surface area contributed by atoms with Crippen LogP contribution < -0.4 is 0 Å². The van der Waals surface area contributed by atoms with Gasteiger partial charge in [0, 0.05) is 18.8 Å². The summed E-state index contributed by atoms with van der Waals surface area (Å²) in [4.78, 5) is 58.6. The van der Waals surface area contributed by atoms with Crippen LogP contribution in [0.25, 0.3) is 0 Å². The lowest BCUT2D eigenvalue weighted by molar-refractivity contribution is -0.362. The number of rotatable bonds is 5. The molecule has 2 aliphatic heterocycles. The molecule has 0 aromatic heterocycles. The molecule has 2 fully saturated rings. The van der Waals surface area contributed by atoms with E-state index in [-0.39, 0.29) is 18.6 Å². The Bertz CT molecular complexity index is 562. The molecule has 0 aromatic rings. The van der Waals surface area contributed by atoms with Gasteiger partial charge in [0.05, 0.1) is 21.3 Å². The van der Waals surface area contributed by atoms with E-state index in [0.717, 1.165) is 19.4 Å². The third-order valence-electron chi connectivity index (χ3n) is 4.18. The van der Waals surface area contributed by atoms with Crippen molar-refractivity contribution in [3.05, 3.63) is 0 Å². The Morgan fingerprint density at radius 2 is 1.67 bits per heavy atom. The van der Waals surface area contributed by atoms with Gasteiger partial charge in [-0.15, -0.1) is 0 Å². The second-order valence-electron chi connectivity index (χ2n) is 5.56. The Morgan fingerprint density at radius 1 is 1.04 bits per heavy atom. The number of hydrogen-bond donors (Lipinski definition) is 0. The van der Waals surface area contributed by atoms with E-state index in [9.17, 15) is 19.2 Å². The zero-order chi connectivity index (χ0) is 18.1. The fourth-order valence-corrected chi connectivity index (χ4v) is 3.09. The fourth-order valence-electron chi connectivity index (χ4n) is 3.09. The number of methoxy groups -OCH3 is 3. The molecule has 4 unspecified atom stereocenters. The maximum absolute atomic E-state index is 12.5. The topological polar surface area (TPSA) is 118 Å². The number of nitrogens with zero attached hydrogens (tertiary/aromatic N) is 1. The summed E-state index contributed by atoms with van der Waals surface area (Å²) in [5.41, 5.74) is -1.63. The highest BCUT2D eigenvalue weighted by Crippen LogP contribution is 2.49. The first-order valence-electron chi connectivity index (χ1n) is 7.19. The molecular weight excluding hydrogens is 326 g/mol. The van der Waals surface area contributed by atoms with E-state index in [1.165, 1.54) is 14.0 Å². The lowest BCUT2D eigenvalue weighted by Gasteiger charge is -2.29. The molecular formula is C14H19NO9. The van der Waals surface area contributed by atoms with Crippen molar-refractivity contribution in [3.63, 3.8) is 0 Å². The summed E-state index contributed by atoms with van der Waals surface area (Å²) >= 11 is 0. The number of ketones is 1. The second-order valence-corrected chi connectivity index (χ2v) is 5.56. The average molecular weight is 345 g/mol. The largest absolute Gasteiger partial charge is 0.467 e. The minimum absolute atomic E-state index is 0.164. The van der Waals surface area contributed by atoms with Gasteiger partial charge in [0.2, 0.25) is 0 Å². The van der Waals surface area contributed by atoms with E-state index in [1.807, 2.05) is 0 Å². The molecule has 2 heterocycles. The molecule has 2 saturated heterocycles. The predicted octanol–water partition coefficient (Wildman–Crippen LogP) is -0.841. The molecule has 0 aliphatic carbocycles. The molecule has 0 saturated carbocycles. The molecule has 10 heteroatoms. The smallest absolute Gasteiger partial charge is 0.337 e. The normalized spacial score (nSPS) is 32.1. The molecule has 4 atom stereocenters. The van der Waals surface area contributed by atoms with Crippen molar-refractivity contribution in [3.8, 4) is 0 Å². The molecule has 134 valence electrons. The molecule has 10 nitrogen and oxygen atoms in total. The summed E-state index contributed by atoms with van der Waals surface area (Å²) in [6, 6.07) is 0. The van der Waals surface area contributed by atoms with Crippen molar-refractivity contribution in [2.75, 3.05) is 21.3 Å². The average Bonchev–Trinajstić information content (AvgIpc) is 3.07. The first kappa shape index (κ1) is 18.3. The summed E-state index contributed by atoms with van der Waals surface area (Å²) < 4.78 is 14.1. The Balaban J connectivity index is 2.45. The summed E-state index contributed by atoms with van der Waals surface area (Å²) in [6.07, 6.45) is -2.71. The van der Waals surface area contributed by atoms with Gasteiger partial charge in [0.1, 0.15) is 5.78 Å². The zero-order valence-electron chi connectivity index (χ0n) is 13.8. The van der Waals surface area contributed by atoms with Crippen LogP contribution in [0.2, 0.25) is 0 Å². The van der Waals surface area contributed by atoms with Crippen LogP contribution in [0.4, 0.5) is 0 Å². The summed E-state index contributed by atoms with van der Waals surface area (Å²) in [5, 5.41) is 0.773. The van der Waals surface area contributed by atoms with Crippen molar-refractivity contribution >= 4 is 23.7 Å². The van der Waals surface area contributed by atoms with E-state index in [0.29, 0.717) is 0 Å². The summed E-state index contributed by atoms with van der Waals surface area (Å²) in [6.45, 7) is 1.32. The molecule has 2 rings (SSSR count). The van der Waals surface area contributed by atoms with Crippen molar-refractivity contribution < 1.29 is 43.1 Å². The Kier molecular flexibility index (Phi) is 5.21. The van der Waals surface area contributed by atoms with Gasteiger partial charge in [-0.1, -0.05) is 0 Å². The number of carbonyl (C=O) groups excluding carboxylic acids is 4. The lowest BCUT2D eigenvalue weighted by atomic mass is 9.75. The monoisotopic (exact) mass is 345 g/mol. The first-order chi connectivity index (χ1) is 11.3. The van der Waals surface area contributed by atoms with Crippen LogP contribution in [-0.4, -0.2) is 68.0 Å². The second kappa shape index (κ2) is 6.83. The predicted molar refractivity (Wildman–Crippen MR) is 73.8 cm³/mol. The van der Waals surface area contributed by atoms with Gasteiger partial charge in [-0.2, -0.15) is 0 Å². The quantitative estimate of drug-likeness (QED) is 0.461. The van der Waals surface area contributed by atoms with Gasteiger partial charge < -0.3 is 19.0 Å². The van der Waals surface area contributed by atoms with E-state index >= 15 is 0 Å². The number of Topliss-reactive ketones (excluding diaryl/α,β-unsaturated/α-hetero) is 1. The molecule has 0 radical (unpaired) electrons. The molecule has 0 spiro atoms. The van der Waals surface area contributed by atoms with Gasteiger partial charge in [-0.05, 0) is 12.2 Å². The number of fused-ring (bicyclic) bond motifs is 1. The van der Waals surface area contributed by atoms with Gasteiger partial charge in [-0.25, -0.2) is 14.4 Å². The summed E-state index contributed by atoms with van der Waals surface area (Å²) in [7, 11) is 3.48. The Hall–Kier alpha value is -2.04. The highest BCUT2D eigenvalue weighted by Gasteiger charge is 2.69. The zero-order valence-corrected chi connectivity index (χ0v) is 13.8. The summed E-state index contributed by atoms with van der Waals surface area (Å²) in [5.74, 6) is -3.48.